The molecule has 1 aromatic carbocycles. The Balaban J connectivity index is 1.94. The predicted molar refractivity (Wildman–Crippen MR) is 271 cm³/mol. The summed E-state index contributed by atoms with van der Waals surface area (Å²) in [5.41, 5.74) is 1.37. The van der Waals surface area contributed by atoms with E-state index in [-0.39, 0.29) is 0 Å². The molecule has 0 aliphatic heterocycles. The monoisotopic (exact) mass is 839 g/mol. The molecule has 354 valence electrons. The molecular formula is C58H110O2. The zero-order chi connectivity index (χ0) is 42.9. The second-order valence-corrected chi connectivity index (χ2v) is 19.5. The molecule has 60 heavy (non-hydrogen) atoms. The van der Waals surface area contributed by atoms with Gasteiger partial charge in [0.05, 0.1) is 13.2 Å². The molecule has 0 atom stereocenters. The van der Waals surface area contributed by atoms with Crippen molar-refractivity contribution in [1.29, 1.82) is 0 Å². The van der Waals surface area contributed by atoms with Gasteiger partial charge in [-0.2, -0.15) is 0 Å². The van der Waals surface area contributed by atoms with Crippen LogP contribution in [0.25, 0.3) is 0 Å². The first-order valence-corrected chi connectivity index (χ1v) is 28.2. The minimum absolute atomic E-state index is 0.829. The van der Waals surface area contributed by atoms with Gasteiger partial charge in [-0.05, 0) is 43.4 Å². The van der Waals surface area contributed by atoms with Crippen LogP contribution in [0, 0.1) is 0 Å². The number of hydrogen-bond acceptors (Lipinski definition) is 2. The smallest absolute Gasteiger partial charge is 0.123 e. The fourth-order valence-electron chi connectivity index (χ4n) is 9.12. The molecule has 0 aliphatic rings. The number of hydrogen-bond donors (Lipinski definition) is 0. The van der Waals surface area contributed by atoms with E-state index in [2.05, 4.69) is 39.0 Å². The fraction of sp³-hybridized carbons (Fsp3) is 0.897. The highest BCUT2D eigenvalue weighted by Crippen LogP contribution is 2.26. The van der Waals surface area contributed by atoms with Crippen molar-refractivity contribution in [2.45, 2.75) is 323 Å². The molecule has 0 radical (unpaired) electrons. The third-order valence-corrected chi connectivity index (χ3v) is 13.3. The molecular weight excluding hydrogens is 729 g/mol. The molecule has 1 aromatic rings. The van der Waals surface area contributed by atoms with Crippen molar-refractivity contribution in [2.24, 2.45) is 0 Å². The molecule has 2 heteroatoms. The number of benzene rings is 1. The number of unbranched alkanes of at least 4 members (excludes halogenated alkanes) is 43. The van der Waals surface area contributed by atoms with Crippen LogP contribution in [0.4, 0.5) is 0 Å². The summed E-state index contributed by atoms with van der Waals surface area (Å²) in [5.74, 6) is 2.02. The fourth-order valence-corrected chi connectivity index (χ4v) is 9.12. The van der Waals surface area contributed by atoms with Gasteiger partial charge in [0.1, 0.15) is 11.5 Å². The van der Waals surface area contributed by atoms with Gasteiger partial charge in [0, 0.05) is 6.07 Å². The zero-order valence-electron chi connectivity index (χ0n) is 41.7. The molecule has 0 fully saturated rings. The van der Waals surface area contributed by atoms with E-state index in [0.717, 1.165) is 44.0 Å². The third-order valence-electron chi connectivity index (χ3n) is 13.3. The van der Waals surface area contributed by atoms with Gasteiger partial charge in [-0.1, -0.05) is 297 Å². The topological polar surface area (TPSA) is 18.5 Å². The summed E-state index contributed by atoms with van der Waals surface area (Å²) in [6.45, 7) is 8.55. The molecule has 0 unspecified atom stereocenters. The van der Waals surface area contributed by atoms with Gasteiger partial charge < -0.3 is 9.47 Å². The van der Waals surface area contributed by atoms with Crippen LogP contribution in [-0.2, 0) is 6.42 Å². The van der Waals surface area contributed by atoms with Gasteiger partial charge in [0.15, 0.2) is 0 Å². The van der Waals surface area contributed by atoms with E-state index in [1.807, 2.05) is 0 Å². The average molecular weight is 840 g/mol. The van der Waals surface area contributed by atoms with E-state index in [4.69, 9.17) is 9.47 Å². The summed E-state index contributed by atoms with van der Waals surface area (Å²) in [7, 11) is 0. The van der Waals surface area contributed by atoms with Gasteiger partial charge in [-0.15, -0.1) is 0 Å². The van der Waals surface area contributed by atoms with Crippen LogP contribution in [-0.4, -0.2) is 13.2 Å². The van der Waals surface area contributed by atoms with E-state index in [1.54, 1.807) is 0 Å². The maximum absolute atomic E-state index is 6.29. The van der Waals surface area contributed by atoms with E-state index < -0.39 is 0 Å². The Bertz CT molecular complexity index is 872. The molecule has 0 aromatic heterocycles. The SMILES string of the molecule is CCCCCCCCCCCCCCCCCCCCCCCCOc1cc(CCCC)cc(OCCCCCCCCCCCCCCCCCCCCCCCC)c1. The maximum Gasteiger partial charge on any atom is 0.123 e. The lowest BCUT2D eigenvalue weighted by atomic mass is 10.0. The van der Waals surface area contributed by atoms with E-state index in [9.17, 15) is 0 Å². The Kier molecular flexibility index (Phi) is 46.3. The molecule has 0 saturated heterocycles. The highest BCUT2D eigenvalue weighted by atomic mass is 16.5. The van der Waals surface area contributed by atoms with Crippen molar-refractivity contribution in [3.05, 3.63) is 23.8 Å². The highest BCUT2D eigenvalue weighted by Gasteiger charge is 2.05. The molecule has 0 N–H and O–H groups in total. The molecule has 0 spiro atoms. The Morgan fingerprint density at radius 2 is 0.433 bits per heavy atom. The van der Waals surface area contributed by atoms with Crippen molar-refractivity contribution in [3.8, 4) is 11.5 Å². The van der Waals surface area contributed by atoms with Crippen molar-refractivity contribution < 1.29 is 9.47 Å². The number of ether oxygens (including phenoxy) is 2. The minimum atomic E-state index is 0.829. The third kappa shape index (κ3) is 42.1. The van der Waals surface area contributed by atoms with Gasteiger partial charge in [0.2, 0.25) is 0 Å². The molecule has 0 heterocycles. The number of aryl methyl sites for hydroxylation is 1. The lowest BCUT2D eigenvalue weighted by Gasteiger charge is -2.13. The Hall–Kier alpha value is -1.18. The number of rotatable bonds is 51. The van der Waals surface area contributed by atoms with Crippen LogP contribution in [0.2, 0.25) is 0 Å². The van der Waals surface area contributed by atoms with Crippen molar-refractivity contribution >= 4 is 0 Å². The Labute approximate surface area is 379 Å². The van der Waals surface area contributed by atoms with Crippen molar-refractivity contribution in [3.63, 3.8) is 0 Å². The van der Waals surface area contributed by atoms with Crippen LogP contribution in [0.15, 0.2) is 18.2 Å². The zero-order valence-corrected chi connectivity index (χ0v) is 41.7. The Morgan fingerprint density at radius 3 is 0.650 bits per heavy atom. The van der Waals surface area contributed by atoms with Gasteiger partial charge in [-0.3, -0.25) is 0 Å². The van der Waals surface area contributed by atoms with E-state index >= 15 is 0 Å². The summed E-state index contributed by atoms with van der Waals surface area (Å²) in [6.07, 6.45) is 66.3. The molecule has 0 amide bonds. The van der Waals surface area contributed by atoms with E-state index in [1.165, 1.54) is 288 Å². The molecule has 1 rings (SSSR count). The maximum atomic E-state index is 6.29. The lowest BCUT2D eigenvalue weighted by molar-refractivity contribution is 0.289. The van der Waals surface area contributed by atoms with Crippen LogP contribution < -0.4 is 9.47 Å². The van der Waals surface area contributed by atoms with Crippen LogP contribution in [0.3, 0.4) is 0 Å². The minimum Gasteiger partial charge on any atom is -0.493 e. The summed E-state index contributed by atoms with van der Waals surface area (Å²) in [5, 5.41) is 0. The first-order valence-electron chi connectivity index (χ1n) is 28.2. The first kappa shape index (κ1) is 56.8. The molecule has 2 nitrogen and oxygen atoms in total. The molecule has 0 bridgehead atoms. The van der Waals surface area contributed by atoms with Gasteiger partial charge >= 0.3 is 0 Å². The lowest BCUT2D eigenvalue weighted by Crippen LogP contribution is -2.01. The van der Waals surface area contributed by atoms with E-state index in [0.29, 0.717) is 0 Å². The quantitative estimate of drug-likeness (QED) is 0.0609. The van der Waals surface area contributed by atoms with Crippen LogP contribution in [0.5, 0.6) is 11.5 Å². The molecule has 0 aliphatic carbocycles. The normalized spacial score (nSPS) is 11.5. The van der Waals surface area contributed by atoms with Crippen LogP contribution in [0.1, 0.15) is 322 Å². The summed E-state index contributed by atoms with van der Waals surface area (Å²) in [4.78, 5) is 0. The largest absolute Gasteiger partial charge is 0.493 e. The summed E-state index contributed by atoms with van der Waals surface area (Å²) < 4.78 is 12.6. The van der Waals surface area contributed by atoms with Crippen molar-refractivity contribution in [2.75, 3.05) is 13.2 Å². The summed E-state index contributed by atoms with van der Waals surface area (Å²) >= 11 is 0. The first-order chi connectivity index (χ1) is 29.8. The highest BCUT2D eigenvalue weighted by molar-refractivity contribution is 5.38. The van der Waals surface area contributed by atoms with Gasteiger partial charge in [-0.25, -0.2) is 0 Å². The second-order valence-electron chi connectivity index (χ2n) is 19.5. The van der Waals surface area contributed by atoms with Crippen molar-refractivity contribution in [1.82, 2.24) is 0 Å². The van der Waals surface area contributed by atoms with Crippen LogP contribution >= 0.6 is 0 Å². The average Bonchev–Trinajstić information content (AvgIpc) is 3.26. The van der Waals surface area contributed by atoms with Gasteiger partial charge in [0.25, 0.3) is 0 Å². The second kappa shape index (κ2) is 48.8. The molecule has 0 saturated carbocycles. The predicted octanol–water partition coefficient (Wildman–Crippen LogP) is 21.0. The summed E-state index contributed by atoms with van der Waals surface area (Å²) in [6, 6.07) is 6.67. The standard InChI is InChI=1S/C58H110O2/c1-4-7-10-12-14-16-18-20-22-24-26-28-30-32-34-36-38-40-42-44-46-48-51-59-57-53-56(50-9-6-3)54-58(55-57)60-52-49-47-45-43-41-39-37-35-33-31-29-27-25-23-21-19-17-15-13-11-8-5-2/h53-55H,4-52H2,1-3H3. The Morgan fingerprint density at radius 1 is 0.233 bits per heavy atom.